The van der Waals surface area contributed by atoms with E-state index in [2.05, 4.69) is 10.6 Å². The second kappa shape index (κ2) is 8.16. The molecule has 1 rings (SSSR count). The molecule has 0 saturated heterocycles. The fourth-order valence-electron chi connectivity index (χ4n) is 1.94. The van der Waals surface area contributed by atoms with Gasteiger partial charge in [-0.15, -0.1) is 0 Å². The Morgan fingerprint density at radius 1 is 1.25 bits per heavy atom. The van der Waals surface area contributed by atoms with Crippen LogP contribution in [0.15, 0.2) is 30.3 Å². The lowest BCUT2D eigenvalue weighted by molar-refractivity contribution is -0.142. The van der Waals surface area contributed by atoms with Crippen LogP contribution >= 0.6 is 0 Å². The third-order valence-electron chi connectivity index (χ3n) is 3.01. The van der Waals surface area contributed by atoms with Gasteiger partial charge in [0.1, 0.15) is 6.04 Å². The van der Waals surface area contributed by atoms with E-state index in [0.717, 1.165) is 5.56 Å². The Balaban J connectivity index is 2.89. The third kappa shape index (κ3) is 4.55. The predicted molar refractivity (Wildman–Crippen MR) is 76.7 cm³/mol. The predicted octanol–water partition coefficient (Wildman–Crippen LogP) is 0.543. The number of aliphatic carboxylic acids is 1. The Labute approximate surface area is 118 Å². The topological polar surface area (TPSA) is 81.7 Å². The molecule has 0 aromatic heterocycles. The molecule has 0 heterocycles. The number of carboxylic acids is 1. The van der Waals surface area contributed by atoms with Crippen molar-refractivity contribution in [2.24, 2.45) is 0 Å². The number of carboxylic acid groups (broad SMARTS) is 1. The van der Waals surface area contributed by atoms with Crippen LogP contribution in [0.1, 0.15) is 5.56 Å². The highest BCUT2D eigenvalue weighted by Crippen LogP contribution is 2.10. The molecule has 0 unspecified atom stereocenters. The van der Waals surface area contributed by atoms with Crippen molar-refractivity contribution in [3.63, 3.8) is 0 Å². The standard InChI is InChI=1S/C14H21N3O3/c1-15-8-9-17(14(20)16-2)12(13(18)19)10-11-6-4-3-5-7-11/h3-7,12,15H,8-10H2,1-2H3,(H,16,20)(H,18,19)/t12-/m0/s1. The van der Waals surface area contributed by atoms with Crippen LogP contribution < -0.4 is 10.6 Å². The smallest absolute Gasteiger partial charge is 0.326 e. The van der Waals surface area contributed by atoms with Crippen molar-refractivity contribution >= 4 is 12.0 Å². The highest BCUT2D eigenvalue weighted by atomic mass is 16.4. The highest BCUT2D eigenvalue weighted by Gasteiger charge is 2.28. The van der Waals surface area contributed by atoms with Crippen LogP contribution in [0.3, 0.4) is 0 Å². The van der Waals surface area contributed by atoms with Crippen molar-refractivity contribution in [3.05, 3.63) is 35.9 Å². The summed E-state index contributed by atoms with van der Waals surface area (Å²) in [6, 6.07) is 8.02. The number of likely N-dealkylation sites (N-methyl/N-ethyl adjacent to an activating group) is 1. The van der Waals surface area contributed by atoms with E-state index in [4.69, 9.17) is 0 Å². The van der Waals surface area contributed by atoms with E-state index in [-0.39, 0.29) is 12.5 Å². The average molecular weight is 279 g/mol. The molecule has 1 atom stereocenters. The quantitative estimate of drug-likeness (QED) is 0.680. The van der Waals surface area contributed by atoms with Gasteiger partial charge in [-0.3, -0.25) is 0 Å². The van der Waals surface area contributed by atoms with Crippen LogP contribution in [0.25, 0.3) is 0 Å². The molecule has 0 bridgehead atoms. The lowest BCUT2D eigenvalue weighted by Crippen LogP contribution is -2.51. The molecule has 0 aliphatic carbocycles. The van der Waals surface area contributed by atoms with Crippen LogP contribution in [-0.2, 0) is 11.2 Å². The van der Waals surface area contributed by atoms with Gasteiger partial charge in [0.2, 0.25) is 0 Å². The van der Waals surface area contributed by atoms with Gasteiger partial charge in [-0.05, 0) is 12.6 Å². The average Bonchev–Trinajstić information content (AvgIpc) is 2.46. The Hall–Kier alpha value is -2.08. The van der Waals surface area contributed by atoms with E-state index in [1.165, 1.54) is 11.9 Å². The molecule has 1 aromatic rings. The maximum absolute atomic E-state index is 11.9. The first-order valence-corrected chi connectivity index (χ1v) is 6.49. The van der Waals surface area contributed by atoms with E-state index in [0.29, 0.717) is 13.1 Å². The van der Waals surface area contributed by atoms with Gasteiger partial charge in [-0.2, -0.15) is 0 Å². The van der Waals surface area contributed by atoms with Gasteiger partial charge in [-0.25, -0.2) is 9.59 Å². The zero-order valence-electron chi connectivity index (χ0n) is 11.8. The van der Waals surface area contributed by atoms with E-state index in [1.54, 1.807) is 7.05 Å². The largest absolute Gasteiger partial charge is 0.480 e. The summed E-state index contributed by atoms with van der Waals surface area (Å²) in [6.45, 7) is 0.867. The van der Waals surface area contributed by atoms with Gasteiger partial charge >= 0.3 is 12.0 Å². The molecule has 3 N–H and O–H groups in total. The lowest BCUT2D eigenvalue weighted by atomic mass is 10.0. The van der Waals surface area contributed by atoms with E-state index in [1.807, 2.05) is 30.3 Å². The fourth-order valence-corrected chi connectivity index (χ4v) is 1.94. The first-order chi connectivity index (χ1) is 9.60. The Morgan fingerprint density at radius 3 is 2.40 bits per heavy atom. The molecular weight excluding hydrogens is 258 g/mol. The lowest BCUT2D eigenvalue weighted by Gasteiger charge is -2.28. The molecule has 0 radical (unpaired) electrons. The molecule has 110 valence electrons. The molecule has 0 aliphatic heterocycles. The zero-order valence-corrected chi connectivity index (χ0v) is 11.8. The summed E-state index contributed by atoms with van der Waals surface area (Å²) >= 11 is 0. The maximum Gasteiger partial charge on any atom is 0.326 e. The highest BCUT2D eigenvalue weighted by molar-refractivity contribution is 5.82. The Kier molecular flexibility index (Phi) is 6.52. The number of nitrogens with zero attached hydrogens (tertiary/aromatic N) is 1. The van der Waals surface area contributed by atoms with Crippen molar-refractivity contribution in [1.82, 2.24) is 15.5 Å². The SMILES string of the molecule is CNCCN(C(=O)NC)[C@@H](Cc1ccccc1)C(=O)O. The van der Waals surface area contributed by atoms with Crippen molar-refractivity contribution in [2.45, 2.75) is 12.5 Å². The first kappa shape index (κ1) is 16.0. The second-order valence-corrected chi connectivity index (χ2v) is 4.40. The number of rotatable bonds is 7. The molecule has 0 saturated carbocycles. The Morgan fingerprint density at radius 2 is 1.90 bits per heavy atom. The number of benzene rings is 1. The van der Waals surface area contributed by atoms with Crippen LogP contribution in [0.4, 0.5) is 4.79 Å². The van der Waals surface area contributed by atoms with E-state index >= 15 is 0 Å². The molecule has 1 aromatic carbocycles. The van der Waals surface area contributed by atoms with Crippen molar-refractivity contribution < 1.29 is 14.7 Å². The number of amides is 2. The minimum atomic E-state index is -1.01. The van der Waals surface area contributed by atoms with Gasteiger partial charge < -0.3 is 20.6 Å². The van der Waals surface area contributed by atoms with E-state index < -0.39 is 12.0 Å². The molecule has 0 spiro atoms. The number of nitrogens with one attached hydrogen (secondary N) is 2. The first-order valence-electron chi connectivity index (χ1n) is 6.49. The minimum absolute atomic E-state index is 0.285. The number of carbonyl (C=O) groups excluding carboxylic acids is 1. The fraction of sp³-hybridized carbons (Fsp3) is 0.429. The van der Waals surface area contributed by atoms with Crippen LogP contribution in [0.2, 0.25) is 0 Å². The molecule has 2 amide bonds. The van der Waals surface area contributed by atoms with Crippen molar-refractivity contribution in [1.29, 1.82) is 0 Å². The summed E-state index contributed by atoms with van der Waals surface area (Å²) in [7, 11) is 3.26. The molecular formula is C14H21N3O3. The van der Waals surface area contributed by atoms with Gasteiger partial charge in [0, 0.05) is 26.6 Å². The second-order valence-electron chi connectivity index (χ2n) is 4.40. The summed E-state index contributed by atoms with van der Waals surface area (Å²) in [5, 5.41) is 14.8. The summed E-state index contributed by atoms with van der Waals surface area (Å²) < 4.78 is 0. The zero-order chi connectivity index (χ0) is 15.0. The number of hydrogen-bond acceptors (Lipinski definition) is 3. The van der Waals surface area contributed by atoms with Crippen LogP contribution in [0.5, 0.6) is 0 Å². The normalized spacial score (nSPS) is 11.7. The number of urea groups is 1. The van der Waals surface area contributed by atoms with Gasteiger partial charge in [-0.1, -0.05) is 30.3 Å². The van der Waals surface area contributed by atoms with Crippen molar-refractivity contribution in [2.75, 3.05) is 27.2 Å². The van der Waals surface area contributed by atoms with Crippen LogP contribution in [-0.4, -0.2) is 55.2 Å². The maximum atomic E-state index is 11.9. The summed E-state index contributed by atoms with van der Waals surface area (Å²) in [5.74, 6) is -1.01. The van der Waals surface area contributed by atoms with Crippen molar-refractivity contribution in [3.8, 4) is 0 Å². The van der Waals surface area contributed by atoms with E-state index in [9.17, 15) is 14.7 Å². The monoisotopic (exact) mass is 279 g/mol. The van der Waals surface area contributed by atoms with Gasteiger partial charge in [0.05, 0.1) is 0 Å². The Bertz CT molecular complexity index is 437. The molecule has 0 fully saturated rings. The third-order valence-corrected chi connectivity index (χ3v) is 3.01. The number of hydrogen-bond donors (Lipinski definition) is 3. The van der Waals surface area contributed by atoms with Gasteiger partial charge in [0.25, 0.3) is 0 Å². The summed E-state index contributed by atoms with van der Waals surface area (Å²) in [6.07, 6.45) is 0.285. The molecule has 0 aliphatic rings. The molecule has 20 heavy (non-hydrogen) atoms. The molecule has 6 nitrogen and oxygen atoms in total. The molecule has 6 heteroatoms. The minimum Gasteiger partial charge on any atom is -0.480 e. The summed E-state index contributed by atoms with van der Waals surface area (Å²) in [4.78, 5) is 24.7. The summed E-state index contributed by atoms with van der Waals surface area (Å²) in [5.41, 5.74) is 0.887. The number of carbonyl (C=O) groups is 2. The van der Waals surface area contributed by atoms with Crippen LogP contribution in [0, 0.1) is 0 Å². The van der Waals surface area contributed by atoms with Gasteiger partial charge in [0.15, 0.2) is 0 Å².